The first kappa shape index (κ1) is 19.6. The molecule has 5 heterocycles. The molecule has 0 spiro atoms. The predicted molar refractivity (Wildman–Crippen MR) is 126 cm³/mol. The van der Waals surface area contributed by atoms with Crippen LogP contribution in [0.25, 0.3) is 33.6 Å². The molecule has 5 rings (SSSR count). The van der Waals surface area contributed by atoms with Gasteiger partial charge >= 0.3 is 0 Å². The summed E-state index contributed by atoms with van der Waals surface area (Å²) in [4.78, 5) is 25.8. The van der Waals surface area contributed by atoms with Crippen LogP contribution in [0.4, 0.5) is 5.82 Å². The molecule has 158 valence electrons. The highest BCUT2D eigenvalue weighted by atomic mass is 15.1. The SMILES string of the molecule is C=C(c1nc2nccc(-n3cnc(C)c3)c2[nH]1)c1cc(-c2cnccc2C)cnc1NC. The highest BCUT2D eigenvalue weighted by Gasteiger charge is 2.17. The van der Waals surface area contributed by atoms with Crippen LogP contribution in [0.15, 0.2) is 62.1 Å². The fraction of sp³-hybridized carbons (Fsp3) is 0.125. The van der Waals surface area contributed by atoms with Crippen molar-refractivity contribution in [1.82, 2.24) is 34.5 Å². The zero-order valence-corrected chi connectivity index (χ0v) is 18.1. The van der Waals surface area contributed by atoms with Crippen LogP contribution in [0, 0.1) is 13.8 Å². The fourth-order valence-electron chi connectivity index (χ4n) is 3.74. The lowest BCUT2D eigenvalue weighted by Gasteiger charge is -2.12. The number of aryl methyl sites for hydroxylation is 2. The summed E-state index contributed by atoms with van der Waals surface area (Å²) in [5.74, 6) is 1.36. The molecule has 0 saturated heterocycles. The monoisotopic (exact) mass is 422 g/mol. The van der Waals surface area contributed by atoms with Gasteiger partial charge in [-0.05, 0) is 37.6 Å². The quantitative estimate of drug-likeness (QED) is 0.438. The van der Waals surface area contributed by atoms with Gasteiger partial charge in [-0.1, -0.05) is 6.58 Å². The molecule has 8 nitrogen and oxygen atoms in total. The summed E-state index contributed by atoms with van der Waals surface area (Å²) in [5.41, 5.74) is 7.99. The number of nitrogens with zero attached hydrogens (tertiary/aromatic N) is 6. The largest absolute Gasteiger partial charge is 0.373 e. The topological polar surface area (TPSA) is 97.2 Å². The van der Waals surface area contributed by atoms with E-state index in [1.54, 1.807) is 18.7 Å². The van der Waals surface area contributed by atoms with Gasteiger partial charge in [-0.25, -0.2) is 19.9 Å². The Hall–Kier alpha value is -4.33. The first-order chi connectivity index (χ1) is 15.5. The molecular weight excluding hydrogens is 400 g/mol. The molecule has 0 bridgehead atoms. The van der Waals surface area contributed by atoms with Crippen LogP contribution in [-0.4, -0.2) is 41.5 Å². The smallest absolute Gasteiger partial charge is 0.180 e. The molecular formula is C24H22N8. The van der Waals surface area contributed by atoms with Crippen LogP contribution in [-0.2, 0) is 0 Å². The van der Waals surface area contributed by atoms with Gasteiger partial charge in [0.1, 0.15) is 17.2 Å². The minimum Gasteiger partial charge on any atom is -0.373 e. The number of rotatable bonds is 5. The van der Waals surface area contributed by atoms with Gasteiger partial charge in [-0.3, -0.25) is 4.98 Å². The maximum atomic E-state index is 4.71. The third kappa shape index (κ3) is 3.31. The second kappa shape index (κ2) is 7.73. The van der Waals surface area contributed by atoms with E-state index in [-0.39, 0.29) is 0 Å². The van der Waals surface area contributed by atoms with Gasteiger partial charge in [-0.15, -0.1) is 0 Å². The van der Waals surface area contributed by atoms with Gasteiger partial charge in [0.05, 0.1) is 17.7 Å². The number of imidazole rings is 2. The molecule has 0 fully saturated rings. The Balaban J connectivity index is 1.61. The van der Waals surface area contributed by atoms with Crippen molar-refractivity contribution in [1.29, 1.82) is 0 Å². The van der Waals surface area contributed by atoms with E-state index in [0.717, 1.165) is 50.5 Å². The minimum atomic E-state index is 0.614. The second-order valence-corrected chi connectivity index (χ2v) is 7.58. The number of hydrogen-bond acceptors (Lipinski definition) is 6. The standard InChI is InChI=1S/C24H22N8/c1-14-5-7-26-11-19(14)17-9-18(23(25-4)28-10-17)16(3)22-30-21-20(6-8-27-24(21)31-22)32-12-15(2)29-13-32/h5-13H,3H2,1-2,4H3,(H,25,28)(H,27,30,31). The molecule has 0 atom stereocenters. The molecule has 5 aromatic heterocycles. The Bertz CT molecular complexity index is 1460. The van der Waals surface area contributed by atoms with Crippen molar-refractivity contribution >= 4 is 22.6 Å². The fourth-order valence-corrected chi connectivity index (χ4v) is 3.74. The zero-order valence-electron chi connectivity index (χ0n) is 18.1. The number of fused-ring (bicyclic) bond motifs is 1. The molecule has 0 aliphatic rings. The van der Waals surface area contributed by atoms with Gasteiger partial charge in [-0.2, -0.15) is 0 Å². The highest BCUT2D eigenvalue weighted by Crippen LogP contribution is 2.32. The highest BCUT2D eigenvalue weighted by molar-refractivity contribution is 5.88. The Labute approximate surface area is 185 Å². The summed E-state index contributed by atoms with van der Waals surface area (Å²) >= 11 is 0. The van der Waals surface area contributed by atoms with Crippen molar-refractivity contribution in [2.24, 2.45) is 0 Å². The van der Waals surface area contributed by atoms with Gasteiger partial charge in [0.2, 0.25) is 0 Å². The summed E-state index contributed by atoms with van der Waals surface area (Å²) in [6.45, 7) is 8.34. The van der Waals surface area contributed by atoms with E-state index in [4.69, 9.17) is 4.98 Å². The number of anilines is 1. The van der Waals surface area contributed by atoms with Gasteiger partial charge in [0, 0.05) is 60.3 Å². The summed E-state index contributed by atoms with van der Waals surface area (Å²) < 4.78 is 1.95. The third-order valence-corrected chi connectivity index (χ3v) is 5.45. The average molecular weight is 422 g/mol. The Kier molecular flexibility index (Phi) is 4.74. The van der Waals surface area contributed by atoms with E-state index in [0.29, 0.717) is 11.5 Å². The van der Waals surface area contributed by atoms with Gasteiger partial charge in [0.15, 0.2) is 5.65 Å². The maximum absolute atomic E-state index is 4.71. The van der Waals surface area contributed by atoms with E-state index in [1.807, 2.05) is 49.3 Å². The van der Waals surface area contributed by atoms with Crippen molar-refractivity contribution < 1.29 is 0 Å². The summed E-state index contributed by atoms with van der Waals surface area (Å²) in [6.07, 6.45) is 11.0. The summed E-state index contributed by atoms with van der Waals surface area (Å²) in [5, 5.41) is 3.16. The van der Waals surface area contributed by atoms with Crippen molar-refractivity contribution in [3.63, 3.8) is 0 Å². The molecule has 0 saturated carbocycles. The molecule has 0 amide bonds. The molecule has 0 aromatic carbocycles. The number of aromatic nitrogens is 7. The molecule has 0 unspecified atom stereocenters. The van der Waals surface area contributed by atoms with Gasteiger partial charge < -0.3 is 14.9 Å². The molecule has 0 radical (unpaired) electrons. The summed E-state index contributed by atoms with van der Waals surface area (Å²) in [6, 6.07) is 5.98. The first-order valence-corrected chi connectivity index (χ1v) is 10.2. The zero-order chi connectivity index (χ0) is 22.2. The average Bonchev–Trinajstić information content (AvgIpc) is 3.44. The van der Waals surface area contributed by atoms with E-state index in [9.17, 15) is 0 Å². The van der Waals surface area contributed by atoms with Crippen LogP contribution >= 0.6 is 0 Å². The van der Waals surface area contributed by atoms with Gasteiger partial charge in [0.25, 0.3) is 0 Å². The van der Waals surface area contributed by atoms with Crippen LogP contribution in [0.2, 0.25) is 0 Å². The normalized spacial score (nSPS) is 11.1. The number of nitrogens with one attached hydrogen (secondary N) is 2. The van der Waals surface area contributed by atoms with Crippen LogP contribution in [0.5, 0.6) is 0 Å². The van der Waals surface area contributed by atoms with Crippen LogP contribution in [0.3, 0.4) is 0 Å². The Morgan fingerprint density at radius 1 is 1.09 bits per heavy atom. The number of H-pyrrole nitrogens is 1. The molecule has 32 heavy (non-hydrogen) atoms. The van der Waals surface area contributed by atoms with E-state index >= 15 is 0 Å². The Morgan fingerprint density at radius 2 is 1.97 bits per heavy atom. The van der Waals surface area contributed by atoms with Crippen molar-refractivity contribution in [3.8, 4) is 16.8 Å². The lowest BCUT2D eigenvalue weighted by molar-refractivity contribution is 1.06. The lowest BCUT2D eigenvalue weighted by atomic mass is 10.00. The van der Waals surface area contributed by atoms with E-state index in [1.165, 1.54) is 0 Å². The molecule has 2 N–H and O–H groups in total. The Morgan fingerprint density at radius 3 is 2.72 bits per heavy atom. The first-order valence-electron chi connectivity index (χ1n) is 10.2. The number of pyridine rings is 3. The van der Waals surface area contributed by atoms with Crippen molar-refractivity contribution in [3.05, 3.63) is 84.7 Å². The molecule has 0 aliphatic heterocycles. The minimum absolute atomic E-state index is 0.614. The predicted octanol–water partition coefficient (Wildman–Crippen LogP) is 4.32. The third-order valence-electron chi connectivity index (χ3n) is 5.45. The summed E-state index contributed by atoms with van der Waals surface area (Å²) in [7, 11) is 1.84. The maximum Gasteiger partial charge on any atom is 0.180 e. The lowest BCUT2D eigenvalue weighted by Crippen LogP contribution is -2.01. The molecule has 0 aliphatic carbocycles. The number of hydrogen-bond donors (Lipinski definition) is 2. The van der Waals surface area contributed by atoms with Crippen molar-refractivity contribution in [2.45, 2.75) is 13.8 Å². The van der Waals surface area contributed by atoms with Crippen molar-refractivity contribution in [2.75, 3.05) is 12.4 Å². The van der Waals surface area contributed by atoms with E-state index in [2.05, 4.69) is 49.8 Å². The van der Waals surface area contributed by atoms with Crippen LogP contribution < -0.4 is 5.32 Å². The number of aromatic amines is 1. The van der Waals surface area contributed by atoms with Crippen LogP contribution in [0.1, 0.15) is 22.6 Å². The molecule has 8 heteroatoms. The second-order valence-electron chi connectivity index (χ2n) is 7.58. The molecule has 5 aromatic rings. The van der Waals surface area contributed by atoms with E-state index < -0.39 is 0 Å².